The Morgan fingerprint density at radius 2 is 2.09 bits per heavy atom. The fourth-order valence-corrected chi connectivity index (χ4v) is 0.317. The molecule has 0 radical (unpaired) electrons. The Morgan fingerprint density at radius 1 is 1.64 bits per heavy atom. The molecular weight excluding hydrogens is 172 g/mol. The maximum atomic E-state index is 10.5. The van der Waals surface area contributed by atoms with Gasteiger partial charge in [-0.25, -0.2) is 4.79 Å². The molecule has 0 aromatic heterocycles. The van der Waals surface area contributed by atoms with Crippen LogP contribution < -0.4 is 0 Å². The van der Waals surface area contributed by atoms with Crippen molar-refractivity contribution in [3.63, 3.8) is 0 Å². The summed E-state index contributed by atoms with van der Waals surface area (Å²) in [6, 6.07) is 0. The van der Waals surface area contributed by atoms with E-state index >= 15 is 0 Å². The normalized spacial score (nSPS) is 15.3. The van der Waals surface area contributed by atoms with E-state index in [-0.39, 0.29) is 5.03 Å². The van der Waals surface area contributed by atoms with Crippen molar-refractivity contribution in [2.45, 2.75) is 19.3 Å². The number of hydrogen-bond donors (Lipinski definition) is 2. The predicted molar refractivity (Wildman–Crippen MR) is 38.8 cm³/mol. The molecule has 4 nitrogen and oxygen atoms in total. The topological polar surface area (TPSA) is 66.8 Å². The van der Waals surface area contributed by atoms with Gasteiger partial charge in [-0.2, -0.15) is 0 Å². The fraction of sp³-hybridized carbons (Fsp3) is 0.500. The second kappa shape index (κ2) is 4.33. The van der Waals surface area contributed by atoms with Crippen LogP contribution in [0.4, 0.5) is 0 Å². The average Bonchev–Trinajstić information content (AvgIpc) is 1.87. The van der Waals surface area contributed by atoms with Crippen LogP contribution in [0.15, 0.2) is 11.6 Å². The van der Waals surface area contributed by atoms with Gasteiger partial charge in [0, 0.05) is 0 Å². The lowest BCUT2D eigenvalue weighted by molar-refractivity contribution is -0.179. The molecule has 11 heavy (non-hydrogen) atoms. The molecule has 0 spiro atoms. The zero-order valence-corrected chi connectivity index (χ0v) is 6.71. The van der Waals surface area contributed by atoms with Crippen LogP contribution in [0.25, 0.3) is 0 Å². The number of hydrogen-bond acceptors (Lipinski definition) is 4. The van der Waals surface area contributed by atoms with Gasteiger partial charge in [-0.05, 0) is 6.92 Å². The van der Waals surface area contributed by atoms with Gasteiger partial charge in [0.15, 0.2) is 0 Å². The molecule has 0 heterocycles. The van der Waals surface area contributed by atoms with Gasteiger partial charge in [0.1, 0.15) is 11.1 Å². The van der Waals surface area contributed by atoms with Crippen LogP contribution in [0.3, 0.4) is 0 Å². The second-order valence-electron chi connectivity index (χ2n) is 1.94. The molecule has 0 aromatic carbocycles. The van der Waals surface area contributed by atoms with Gasteiger partial charge in [-0.3, -0.25) is 0 Å². The predicted octanol–water partition coefficient (Wildman–Crippen LogP) is -0.0187. The Balaban J connectivity index is 3.85. The molecule has 64 valence electrons. The van der Waals surface area contributed by atoms with Crippen molar-refractivity contribution in [3.05, 3.63) is 11.6 Å². The summed E-state index contributed by atoms with van der Waals surface area (Å²) in [4.78, 5) is 10.5. The number of carbonyl (C=O) groups is 1. The highest BCUT2D eigenvalue weighted by Gasteiger charge is 2.16. The van der Waals surface area contributed by atoms with E-state index in [1.165, 1.54) is 6.92 Å². The molecule has 2 atom stereocenters. The van der Waals surface area contributed by atoms with E-state index in [9.17, 15) is 4.79 Å². The van der Waals surface area contributed by atoms with Crippen LogP contribution in [-0.4, -0.2) is 28.6 Å². The molecule has 2 N–H and O–H groups in total. The summed E-state index contributed by atoms with van der Waals surface area (Å²) in [5.74, 6) is -0.944. The second-order valence-corrected chi connectivity index (χ2v) is 2.40. The van der Waals surface area contributed by atoms with Crippen LogP contribution in [-0.2, 0) is 9.53 Å². The highest BCUT2D eigenvalue weighted by Crippen LogP contribution is 2.03. The lowest BCUT2D eigenvalue weighted by Crippen LogP contribution is -2.28. The molecule has 0 rings (SSSR count). The molecule has 0 aliphatic heterocycles. The van der Waals surface area contributed by atoms with E-state index in [1.54, 1.807) is 0 Å². The molecule has 0 fully saturated rings. The monoisotopic (exact) mass is 180 g/mol. The van der Waals surface area contributed by atoms with Crippen molar-refractivity contribution in [1.82, 2.24) is 0 Å². The zero-order chi connectivity index (χ0) is 9.02. The molecular formula is C6H9ClO4. The summed E-state index contributed by atoms with van der Waals surface area (Å²) < 4.78 is 4.21. The molecule has 0 aromatic rings. The van der Waals surface area contributed by atoms with Crippen LogP contribution in [0.1, 0.15) is 6.92 Å². The standard InChI is InChI=1S/C6H9ClO4/c1-3(7)5(9)11-6(10)4(2)8/h4,6,8,10H,1H2,2H3. The summed E-state index contributed by atoms with van der Waals surface area (Å²) in [5, 5.41) is 17.1. The molecule has 2 unspecified atom stereocenters. The van der Waals surface area contributed by atoms with Gasteiger partial charge < -0.3 is 14.9 Å². The summed E-state index contributed by atoms with van der Waals surface area (Å²) in [7, 11) is 0. The van der Waals surface area contributed by atoms with Crippen molar-refractivity contribution in [2.75, 3.05) is 0 Å². The van der Waals surface area contributed by atoms with Crippen LogP contribution >= 0.6 is 11.6 Å². The summed E-state index contributed by atoms with van der Waals surface area (Å²) >= 11 is 5.12. The van der Waals surface area contributed by atoms with E-state index in [1.807, 2.05) is 0 Å². The summed E-state index contributed by atoms with van der Waals surface area (Å²) in [6.07, 6.45) is -2.70. The lowest BCUT2D eigenvalue weighted by Gasteiger charge is -2.13. The maximum Gasteiger partial charge on any atom is 0.351 e. The molecule has 0 bridgehead atoms. The molecule has 0 aliphatic rings. The minimum absolute atomic E-state index is 0.343. The molecule has 5 heteroatoms. The van der Waals surface area contributed by atoms with Crippen LogP contribution in [0.5, 0.6) is 0 Å². The van der Waals surface area contributed by atoms with Gasteiger partial charge in [0.05, 0.1) is 0 Å². The Bertz CT molecular complexity index is 166. The van der Waals surface area contributed by atoms with E-state index in [0.29, 0.717) is 0 Å². The van der Waals surface area contributed by atoms with E-state index in [2.05, 4.69) is 11.3 Å². The van der Waals surface area contributed by atoms with E-state index in [4.69, 9.17) is 21.8 Å². The molecule has 0 saturated heterocycles. The van der Waals surface area contributed by atoms with Gasteiger partial charge in [-0.1, -0.05) is 18.2 Å². The summed E-state index contributed by atoms with van der Waals surface area (Å²) in [6.45, 7) is 4.34. The number of carbonyl (C=O) groups excluding carboxylic acids is 1. The van der Waals surface area contributed by atoms with Crippen molar-refractivity contribution in [3.8, 4) is 0 Å². The number of rotatable bonds is 3. The first kappa shape index (κ1) is 10.4. The van der Waals surface area contributed by atoms with Crippen molar-refractivity contribution in [2.24, 2.45) is 0 Å². The Kier molecular flexibility index (Phi) is 4.10. The van der Waals surface area contributed by atoms with Crippen LogP contribution in [0, 0.1) is 0 Å². The number of aliphatic hydroxyl groups is 2. The van der Waals surface area contributed by atoms with Crippen LogP contribution in [0.2, 0.25) is 0 Å². The van der Waals surface area contributed by atoms with E-state index < -0.39 is 18.4 Å². The third-order valence-electron chi connectivity index (χ3n) is 0.862. The first-order chi connectivity index (χ1) is 4.95. The van der Waals surface area contributed by atoms with Gasteiger partial charge in [0.2, 0.25) is 6.29 Å². The maximum absolute atomic E-state index is 10.5. The highest BCUT2D eigenvalue weighted by molar-refractivity contribution is 6.40. The zero-order valence-electron chi connectivity index (χ0n) is 5.95. The first-order valence-corrected chi connectivity index (χ1v) is 3.24. The Morgan fingerprint density at radius 3 is 2.36 bits per heavy atom. The highest BCUT2D eigenvalue weighted by atomic mass is 35.5. The van der Waals surface area contributed by atoms with Gasteiger partial charge in [-0.15, -0.1) is 0 Å². The smallest absolute Gasteiger partial charge is 0.351 e. The number of esters is 1. The Hall–Kier alpha value is -0.580. The lowest BCUT2D eigenvalue weighted by atomic mass is 10.4. The molecule has 0 saturated carbocycles. The summed E-state index contributed by atoms with van der Waals surface area (Å²) in [5.41, 5.74) is 0. The minimum atomic E-state index is -1.56. The van der Waals surface area contributed by atoms with Crippen molar-refractivity contribution in [1.29, 1.82) is 0 Å². The van der Waals surface area contributed by atoms with E-state index in [0.717, 1.165) is 0 Å². The SMILES string of the molecule is C=C(Cl)C(=O)OC(O)C(C)O. The number of aliphatic hydroxyl groups excluding tert-OH is 2. The van der Waals surface area contributed by atoms with Crippen molar-refractivity contribution >= 4 is 17.6 Å². The average molecular weight is 181 g/mol. The largest absolute Gasteiger partial charge is 0.429 e. The first-order valence-electron chi connectivity index (χ1n) is 2.86. The molecule has 0 amide bonds. The Labute approximate surface area is 69.0 Å². The van der Waals surface area contributed by atoms with Crippen molar-refractivity contribution < 1.29 is 19.7 Å². The quantitative estimate of drug-likeness (QED) is 0.364. The molecule has 0 aliphatic carbocycles. The minimum Gasteiger partial charge on any atom is -0.429 e. The van der Waals surface area contributed by atoms with Gasteiger partial charge in [0.25, 0.3) is 0 Å². The fourth-order valence-electron chi connectivity index (χ4n) is 0.272. The third kappa shape index (κ3) is 3.98. The van der Waals surface area contributed by atoms with Gasteiger partial charge >= 0.3 is 5.97 Å². The third-order valence-corrected chi connectivity index (χ3v) is 1.02. The number of ether oxygens (including phenoxy) is 1. The number of halogens is 1.